The van der Waals surface area contributed by atoms with E-state index in [-0.39, 0.29) is 0 Å². The Morgan fingerprint density at radius 3 is 2.87 bits per heavy atom. The van der Waals surface area contributed by atoms with E-state index in [0.717, 1.165) is 10.8 Å². The zero-order valence-electron chi connectivity index (χ0n) is 8.23. The molecule has 0 saturated carbocycles. The van der Waals surface area contributed by atoms with Gasteiger partial charge in [0.1, 0.15) is 0 Å². The van der Waals surface area contributed by atoms with Crippen molar-refractivity contribution in [1.82, 2.24) is 4.98 Å². The van der Waals surface area contributed by atoms with Crippen LogP contribution >= 0.6 is 0 Å². The maximum Gasteiger partial charge on any atom is 0.248 e. The molecule has 0 aliphatic carbocycles. The molecule has 0 saturated heterocycles. The van der Waals surface area contributed by atoms with Gasteiger partial charge in [-0.05, 0) is 29.7 Å². The number of hydrogen-bond acceptors (Lipinski definition) is 3. The molecule has 1 amide bonds. The lowest BCUT2D eigenvalue weighted by molar-refractivity contribution is 0.100. The summed E-state index contributed by atoms with van der Waals surface area (Å²) in [6.45, 7) is 0. The van der Waals surface area contributed by atoms with Gasteiger partial charge in [-0.2, -0.15) is 0 Å². The van der Waals surface area contributed by atoms with Gasteiger partial charge in [0.2, 0.25) is 11.8 Å². The molecule has 1 heterocycles. The fourth-order valence-corrected chi connectivity index (χ4v) is 1.47. The summed E-state index contributed by atoms with van der Waals surface area (Å²) in [6.07, 6.45) is 1.63. The van der Waals surface area contributed by atoms with Crippen LogP contribution in [0.2, 0.25) is 0 Å². The highest BCUT2D eigenvalue weighted by molar-refractivity contribution is 5.98. The normalized spacial score (nSPS) is 10.2. The Balaban J connectivity index is 2.69. The summed E-state index contributed by atoms with van der Waals surface area (Å²) >= 11 is 0. The molecular weight excluding hydrogens is 192 g/mol. The van der Waals surface area contributed by atoms with Crippen molar-refractivity contribution in [1.29, 1.82) is 0 Å². The monoisotopic (exact) mass is 202 g/mol. The average molecular weight is 202 g/mol. The molecule has 0 atom stereocenters. The first kappa shape index (κ1) is 9.45. The molecule has 2 rings (SSSR count). The third-order valence-corrected chi connectivity index (χ3v) is 2.21. The first-order chi connectivity index (χ1) is 7.22. The van der Waals surface area contributed by atoms with Crippen LogP contribution in [0.25, 0.3) is 10.8 Å². The van der Waals surface area contributed by atoms with Crippen LogP contribution in [0.4, 0.5) is 0 Å². The fourth-order valence-electron chi connectivity index (χ4n) is 1.47. The molecule has 0 fully saturated rings. The molecule has 4 heteroatoms. The molecule has 1 aromatic heterocycles. The summed E-state index contributed by atoms with van der Waals surface area (Å²) in [4.78, 5) is 15.0. The third-order valence-electron chi connectivity index (χ3n) is 2.21. The van der Waals surface area contributed by atoms with Crippen LogP contribution in [-0.2, 0) is 0 Å². The number of amides is 1. The average Bonchev–Trinajstić information content (AvgIpc) is 2.27. The molecule has 76 valence electrons. The highest BCUT2D eigenvalue weighted by Gasteiger charge is 2.05. The van der Waals surface area contributed by atoms with E-state index in [0.29, 0.717) is 11.4 Å². The van der Waals surface area contributed by atoms with Crippen molar-refractivity contribution < 1.29 is 9.53 Å². The Labute approximate surface area is 86.7 Å². The van der Waals surface area contributed by atoms with Gasteiger partial charge < -0.3 is 10.5 Å². The zero-order chi connectivity index (χ0) is 10.8. The molecule has 1 aromatic carbocycles. The highest BCUT2D eigenvalue weighted by Crippen LogP contribution is 2.23. The van der Waals surface area contributed by atoms with Gasteiger partial charge in [-0.1, -0.05) is 0 Å². The Morgan fingerprint density at radius 1 is 1.40 bits per heavy atom. The van der Waals surface area contributed by atoms with E-state index in [1.807, 2.05) is 6.07 Å². The van der Waals surface area contributed by atoms with Crippen LogP contribution < -0.4 is 10.5 Å². The molecule has 2 N–H and O–H groups in total. The van der Waals surface area contributed by atoms with E-state index < -0.39 is 5.91 Å². The van der Waals surface area contributed by atoms with Gasteiger partial charge in [0.25, 0.3) is 0 Å². The van der Waals surface area contributed by atoms with E-state index in [1.165, 1.54) is 0 Å². The van der Waals surface area contributed by atoms with Crippen molar-refractivity contribution >= 4 is 16.7 Å². The van der Waals surface area contributed by atoms with Crippen LogP contribution in [0, 0.1) is 0 Å². The highest BCUT2D eigenvalue weighted by atomic mass is 16.5. The minimum absolute atomic E-state index is 0.437. The smallest absolute Gasteiger partial charge is 0.248 e. The standard InChI is InChI=1S/C11H10N2O2/c1-15-11-9-3-2-8(10(12)14)6-7(9)4-5-13-11/h2-6H,1H3,(H2,12,14). The third kappa shape index (κ3) is 1.61. The van der Waals surface area contributed by atoms with Gasteiger partial charge in [-0.25, -0.2) is 4.98 Å². The number of nitrogens with two attached hydrogens (primary N) is 1. The van der Waals surface area contributed by atoms with Crippen LogP contribution in [0.15, 0.2) is 30.5 Å². The molecule has 0 spiro atoms. The Morgan fingerprint density at radius 2 is 2.20 bits per heavy atom. The van der Waals surface area contributed by atoms with E-state index in [2.05, 4.69) is 4.98 Å². The van der Waals surface area contributed by atoms with Crippen LogP contribution in [0.3, 0.4) is 0 Å². The molecule has 0 radical (unpaired) electrons. The topological polar surface area (TPSA) is 65.2 Å². The quantitative estimate of drug-likeness (QED) is 0.799. The number of rotatable bonds is 2. The summed E-state index contributed by atoms with van der Waals surface area (Å²) in [6, 6.07) is 6.97. The van der Waals surface area contributed by atoms with Crippen LogP contribution in [-0.4, -0.2) is 18.0 Å². The van der Waals surface area contributed by atoms with Gasteiger partial charge >= 0.3 is 0 Å². The van der Waals surface area contributed by atoms with Gasteiger partial charge in [0.05, 0.1) is 7.11 Å². The lowest BCUT2D eigenvalue weighted by atomic mass is 10.1. The van der Waals surface area contributed by atoms with Gasteiger partial charge in [-0.3, -0.25) is 4.79 Å². The Kier molecular flexibility index (Phi) is 2.25. The lowest BCUT2D eigenvalue weighted by Gasteiger charge is -2.04. The SMILES string of the molecule is COc1nccc2cc(C(N)=O)ccc12. The first-order valence-corrected chi connectivity index (χ1v) is 4.45. The van der Waals surface area contributed by atoms with E-state index in [4.69, 9.17) is 10.5 Å². The number of pyridine rings is 1. The second-order valence-electron chi connectivity index (χ2n) is 3.12. The number of benzene rings is 1. The largest absolute Gasteiger partial charge is 0.481 e. The number of carbonyl (C=O) groups is 1. The number of fused-ring (bicyclic) bond motifs is 1. The predicted molar refractivity (Wildman–Crippen MR) is 56.8 cm³/mol. The Hall–Kier alpha value is -2.10. The van der Waals surface area contributed by atoms with E-state index in [9.17, 15) is 4.79 Å². The zero-order valence-corrected chi connectivity index (χ0v) is 8.23. The van der Waals surface area contributed by atoms with Crippen molar-refractivity contribution in [2.24, 2.45) is 5.73 Å². The maximum atomic E-state index is 11.0. The van der Waals surface area contributed by atoms with E-state index >= 15 is 0 Å². The van der Waals surface area contributed by atoms with Crippen LogP contribution in [0.5, 0.6) is 5.88 Å². The van der Waals surface area contributed by atoms with Crippen LogP contribution in [0.1, 0.15) is 10.4 Å². The number of primary amides is 1. The predicted octanol–water partition coefficient (Wildman–Crippen LogP) is 1.34. The Bertz CT molecular complexity index is 523. The molecule has 4 nitrogen and oxygen atoms in total. The number of ether oxygens (including phenoxy) is 1. The molecule has 0 aliphatic rings. The second-order valence-corrected chi connectivity index (χ2v) is 3.12. The van der Waals surface area contributed by atoms with Crippen molar-refractivity contribution in [3.63, 3.8) is 0 Å². The lowest BCUT2D eigenvalue weighted by Crippen LogP contribution is -2.10. The molecular formula is C11H10N2O2. The summed E-state index contributed by atoms with van der Waals surface area (Å²) in [5.41, 5.74) is 5.67. The number of nitrogens with zero attached hydrogens (tertiary/aromatic N) is 1. The second kappa shape index (κ2) is 3.57. The molecule has 0 bridgehead atoms. The van der Waals surface area contributed by atoms with E-state index in [1.54, 1.807) is 31.5 Å². The number of methoxy groups -OCH3 is 1. The summed E-state index contributed by atoms with van der Waals surface area (Å²) in [7, 11) is 1.56. The number of hydrogen-bond donors (Lipinski definition) is 1. The molecule has 0 aliphatic heterocycles. The van der Waals surface area contributed by atoms with Crippen molar-refractivity contribution in [3.05, 3.63) is 36.0 Å². The maximum absolute atomic E-state index is 11.0. The summed E-state index contributed by atoms with van der Waals surface area (Å²) in [5, 5.41) is 1.75. The summed E-state index contributed by atoms with van der Waals surface area (Å²) in [5.74, 6) is 0.108. The molecule has 15 heavy (non-hydrogen) atoms. The van der Waals surface area contributed by atoms with Gasteiger partial charge in [0, 0.05) is 17.1 Å². The van der Waals surface area contributed by atoms with Crippen molar-refractivity contribution in [2.45, 2.75) is 0 Å². The van der Waals surface area contributed by atoms with Crippen molar-refractivity contribution in [2.75, 3.05) is 7.11 Å². The first-order valence-electron chi connectivity index (χ1n) is 4.45. The van der Waals surface area contributed by atoms with Gasteiger partial charge in [0.15, 0.2) is 0 Å². The minimum Gasteiger partial charge on any atom is -0.481 e. The fraction of sp³-hybridized carbons (Fsp3) is 0.0909. The molecule has 2 aromatic rings. The summed E-state index contributed by atoms with van der Waals surface area (Å²) < 4.78 is 5.10. The minimum atomic E-state index is -0.437. The van der Waals surface area contributed by atoms with Crippen molar-refractivity contribution in [3.8, 4) is 5.88 Å². The van der Waals surface area contributed by atoms with Gasteiger partial charge in [-0.15, -0.1) is 0 Å². The number of carbonyl (C=O) groups excluding carboxylic acids is 1. The molecule has 0 unspecified atom stereocenters. The number of aromatic nitrogens is 1.